The van der Waals surface area contributed by atoms with Crippen molar-refractivity contribution in [1.29, 1.82) is 0 Å². The van der Waals surface area contributed by atoms with Crippen LogP contribution in [0.2, 0.25) is 0 Å². The van der Waals surface area contributed by atoms with E-state index in [0.29, 0.717) is 28.5 Å². The van der Waals surface area contributed by atoms with Crippen LogP contribution in [-0.4, -0.2) is 22.3 Å². The summed E-state index contributed by atoms with van der Waals surface area (Å²) in [6.45, 7) is 0. The van der Waals surface area contributed by atoms with Gasteiger partial charge in [-0.3, -0.25) is 0 Å². The number of oxazole rings is 1. The number of methoxy groups -OCH3 is 1. The van der Waals surface area contributed by atoms with Crippen LogP contribution < -0.4 is 4.74 Å². The molecular weight excluding hydrogens is 369 g/mol. The standard InChI is InChI=1S/C19H14FN3O3S/c1-24-15-8-4-13(5-9-15)18-22-23-19(26-18)27-11-17-21-10-16(25-17)12-2-6-14(20)7-3-12/h2-10H,11H2,1H3. The Bertz CT molecular complexity index is 1030. The Morgan fingerprint density at radius 3 is 2.44 bits per heavy atom. The predicted molar refractivity (Wildman–Crippen MR) is 97.7 cm³/mol. The zero-order chi connectivity index (χ0) is 18.6. The molecule has 0 bridgehead atoms. The van der Waals surface area contributed by atoms with Crippen LogP contribution in [0.5, 0.6) is 5.75 Å². The van der Waals surface area contributed by atoms with E-state index in [9.17, 15) is 4.39 Å². The normalized spacial score (nSPS) is 10.9. The fourth-order valence-electron chi connectivity index (χ4n) is 2.37. The molecule has 4 rings (SSSR count). The van der Waals surface area contributed by atoms with Gasteiger partial charge in [0.05, 0.1) is 19.1 Å². The average Bonchev–Trinajstić information content (AvgIpc) is 3.37. The highest BCUT2D eigenvalue weighted by molar-refractivity contribution is 7.98. The molecule has 0 saturated carbocycles. The van der Waals surface area contributed by atoms with Crippen molar-refractivity contribution in [3.05, 3.63) is 66.4 Å². The molecule has 0 aliphatic carbocycles. The van der Waals surface area contributed by atoms with E-state index in [1.54, 1.807) is 25.4 Å². The van der Waals surface area contributed by atoms with E-state index in [1.807, 2.05) is 24.3 Å². The maximum Gasteiger partial charge on any atom is 0.277 e. The highest BCUT2D eigenvalue weighted by atomic mass is 32.2. The van der Waals surface area contributed by atoms with Crippen molar-refractivity contribution in [3.8, 4) is 28.5 Å². The van der Waals surface area contributed by atoms with Crippen molar-refractivity contribution < 1.29 is 18.0 Å². The fraction of sp³-hybridized carbons (Fsp3) is 0.105. The third-order valence-corrected chi connectivity index (χ3v) is 4.55. The van der Waals surface area contributed by atoms with Crippen molar-refractivity contribution >= 4 is 11.8 Å². The number of hydrogen-bond donors (Lipinski definition) is 0. The highest BCUT2D eigenvalue weighted by Crippen LogP contribution is 2.28. The van der Waals surface area contributed by atoms with Crippen LogP contribution in [-0.2, 0) is 5.75 Å². The van der Waals surface area contributed by atoms with E-state index in [4.69, 9.17) is 13.6 Å². The molecule has 0 aliphatic rings. The van der Waals surface area contributed by atoms with Gasteiger partial charge in [0.25, 0.3) is 5.22 Å². The summed E-state index contributed by atoms with van der Waals surface area (Å²) >= 11 is 1.33. The minimum Gasteiger partial charge on any atom is -0.497 e. The number of benzene rings is 2. The first-order chi connectivity index (χ1) is 13.2. The second-order valence-electron chi connectivity index (χ2n) is 5.52. The molecule has 0 unspecified atom stereocenters. The van der Waals surface area contributed by atoms with Crippen LogP contribution in [0.25, 0.3) is 22.8 Å². The summed E-state index contributed by atoms with van der Waals surface area (Å²) in [6, 6.07) is 13.4. The first-order valence-corrected chi connectivity index (χ1v) is 9.01. The number of thioether (sulfide) groups is 1. The second kappa shape index (κ2) is 7.63. The number of rotatable bonds is 6. The summed E-state index contributed by atoms with van der Waals surface area (Å²) in [6.07, 6.45) is 1.61. The molecule has 0 spiro atoms. The predicted octanol–water partition coefficient (Wildman–Crippen LogP) is 4.83. The first-order valence-electron chi connectivity index (χ1n) is 8.02. The molecule has 0 amide bonds. The summed E-state index contributed by atoms with van der Waals surface area (Å²) in [5.74, 6) is 2.43. The molecule has 0 saturated heterocycles. The van der Waals surface area contributed by atoms with Gasteiger partial charge in [0.2, 0.25) is 11.8 Å². The lowest BCUT2D eigenvalue weighted by Gasteiger charge is -1.99. The molecule has 27 heavy (non-hydrogen) atoms. The van der Waals surface area contributed by atoms with Crippen LogP contribution in [0.15, 0.2) is 68.8 Å². The third kappa shape index (κ3) is 4.01. The molecule has 0 aliphatic heterocycles. The number of halogens is 1. The molecule has 0 atom stereocenters. The van der Waals surface area contributed by atoms with E-state index in [2.05, 4.69) is 15.2 Å². The first kappa shape index (κ1) is 17.3. The maximum absolute atomic E-state index is 13.0. The zero-order valence-electron chi connectivity index (χ0n) is 14.3. The summed E-state index contributed by atoms with van der Waals surface area (Å²) in [5, 5.41) is 8.50. The molecule has 6 nitrogen and oxygen atoms in total. The monoisotopic (exact) mass is 383 g/mol. The smallest absolute Gasteiger partial charge is 0.277 e. The lowest BCUT2D eigenvalue weighted by atomic mass is 10.2. The number of nitrogens with zero attached hydrogens (tertiary/aromatic N) is 3. The fourth-order valence-corrected chi connectivity index (χ4v) is 2.98. The minimum absolute atomic E-state index is 0.293. The zero-order valence-corrected chi connectivity index (χ0v) is 15.1. The molecule has 0 radical (unpaired) electrons. The van der Waals surface area contributed by atoms with Gasteiger partial charge in [-0.2, -0.15) is 0 Å². The number of ether oxygens (including phenoxy) is 1. The van der Waals surface area contributed by atoms with Gasteiger partial charge in [-0.25, -0.2) is 9.37 Å². The summed E-state index contributed by atoms with van der Waals surface area (Å²) in [5.41, 5.74) is 1.57. The topological polar surface area (TPSA) is 74.2 Å². The molecule has 4 aromatic rings. The Morgan fingerprint density at radius 2 is 1.70 bits per heavy atom. The van der Waals surface area contributed by atoms with Crippen LogP contribution in [0.4, 0.5) is 4.39 Å². The minimum atomic E-state index is -0.293. The lowest BCUT2D eigenvalue weighted by molar-refractivity contribution is 0.414. The van der Waals surface area contributed by atoms with Gasteiger partial charge in [-0.1, -0.05) is 11.8 Å². The molecule has 2 aromatic heterocycles. The average molecular weight is 383 g/mol. The summed E-state index contributed by atoms with van der Waals surface area (Å²) in [7, 11) is 1.61. The second-order valence-corrected chi connectivity index (χ2v) is 6.44. The Labute approximate surface area is 158 Å². The van der Waals surface area contributed by atoms with Crippen LogP contribution >= 0.6 is 11.8 Å². The maximum atomic E-state index is 13.0. The summed E-state index contributed by atoms with van der Waals surface area (Å²) < 4.78 is 29.5. The highest BCUT2D eigenvalue weighted by Gasteiger charge is 2.12. The van der Waals surface area contributed by atoms with Crippen molar-refractivity contribution in [2.45, 2.75) is 11.0 Å². The van der Waals surface area contributed by atoms with E-state index in [1.165, 1.54) is 23.9 Å². The van der Waals surface area contributed by atoms with Crippen molar-refractivity contribution in [1.82, 2.24) is 15.2 Å². The van der Waals surface area contributed by atoms with Crippen molar-refractivity contribution in [3.63, 3.8) is 0 Å². The van der Waals surface area contributed by atoms with E-state index >= 15 is 0 Å². The van der Waals surface area contributed by atoms with E-state index in [-0.39, 0.29) is 5.82 Å². The van der Waals surface area contributed by atoms with Gasteiger partial charge in [0.15, 0.2) is 5.76 Å². The van der Waals surface area contributed by atoms with Crippen molar-refractivity contribution in [2.24, 2.45) is 0 Å². The molecule has 0 N–H and O–H groups in total. The molecule has 8 heteroatoms. The van der Waals surface area contributed by atoms with Gasteiger partial charge in [-0.15, -0.1) is 10.2 Å². The Balaban J connectivity index is 1.40. The Morgan fingerprint density at radius 1 is 0.963 bits per heavy atom. The Hall–Kier alpha value is -3.13. The largest absolute Gasteiger partial charge is 0.497 e. The Kier molecular flexibility index (Phi) is 4.88. The van der Waals surface area contributed by atoms with Gasteiger partial charge < -0.3 is 13.6 Å². The van der Waals surface area contributed by atoms with E-state index < -0.39 is 0 Å². The molecule has 136 valence electrons. The number of hydrogen-bond acceptors (Lipinski definition) is 7. The molecule has 0 fully saturated rings. The van der Waals surface area contributed by atoms with E-state index in [0.717, 1.165) is 16.9 Å². The van der Waals surface area contributed by atoms with Crippen LogP contribution in [0, 0.1) is 5.82 Å². The molecule has 2 heterocycles. The summed E-state index contributed by atoms with van der Waals surface area (Å²) in [4.78, 5) is 4.23. The van der Waals surface area contributed by atoms with Crippen LogP contribution in [0.3, 0.4) is 0 Å². The van der Waals surface area contributed by atoms with Crippen LogP contribution in [0.1, 0.15) is 5.89 Å². The third-order valence-electron chi connectivity index (χ3n) is 3.74. The van der Waals surface area contributed by atoms with Gasteiger partial charge >= 0.3 is 0 Å². The number of aromatic nitrogens is 3. The quantitative estimate of drug-likeness (QED) is 0.441. The van der Waals surface area contributed by atoms with Crippen molar-refractivity contribution in [2.75, 3.05) is 7.11 Å². The molecule has 2 aromatic carbocycles. The van der Waals surface area contributed by atoms with Gasteiger partial charge in [0, 0.05) is 11.1 Å². The molecular formula is C19H14FN3O3S. The van der Waals surface area contributed by atoms with Gasteiger partial charge in [0.1, 0.15) is 11.6 Å². The lowest BCUT2D eigenvalue weighted by Crippen LogP contribution is -1.82. The van der Waals surface area contributed by atoms with Gasteiger partial charge in [-0.05, 0) is 48.5 Å². The SMILES string of the molecule is COc1ccc(-c2nnc(SCc3ncc(-c4ccc(F)cc4)o3)o2)cc1.